The Morgan fingerprint density at radius 1 is 1.33 bits per heavy atom. The van der Waals surface area contributed by atoms with Crippen LogP contribution in [0.4, 0.5) is 4.39 Å². The third kappa shape index (κ3) is 5.49. The molecule has 18 heavy (non-hydrogen) atoms. The maximum absolute atomic E-state index is 13.1. The van der Waals surface area contributed by atoms with Crippen molar-refractivity contribution in [1.82, 2.24) is 5.32 Å². The molecule has 0 spiro atoms. The van der Waals surface area contributed by atoms with Gasteiger partial charge in [0.25, 0.3) is 0 Å². The molecule has 0 aliphatic heterocycles. The van der Waals surface area contributed by atoms with E-state index in [0.717, 1.165) is 24.0 Å². The third-order valence-corrected chi connectivity index (χ3v) is 3.75. The molecule has 0 fully saturated rings. The van der Waals surface area contributed by atoms with Crippen molar-refractivity contribution < 1.29 is 4.39 Å². The first kappa shape index (κ1) is 15.6. The second-order valence-corrected chi connectivity index (χ2v) is 6.10. The van der Waals surface area contributed by atoms with E-state index in [2.05, 4.69) is 42.0 Å². The summed E-state index contributed by atoms with van der Waals surface area (Å²) in [6.07, 6.45) is 2.18. The minimum absolute atomic E-state index is 0.183. The fourth-order valence-electron chi connectivity index (χ4n) is 2.25. The van der Waals surface area contributed by atoms with Crippen LogP contribution >= 0.6 is 15.9 Å². The van der Waals surface area contributed by atoms with Gasteiger partial charge in [0.1, 0.15) is 5.82 Å². The maximum Gasteiger partial charge on any atom is 0.124 e. The molecule has 0 amide bonds. The number of rotatable bonds is 7. The summed E-state index contributed by atoms with van der Waals surface area (Å²) in [6, 6.07) is 4.98. The summed E-state index contributed by atoms with van der Waals surface area (Å²) in [5, 5.41) is 3.42. The van der Waals surface area contributed by atoms with Crippen molar-refractivity contribution >= 4 is 15.9 Å². The molecule has 0 aromatic heterocycles. The van der Waals surface area contributed by atoms with Crippen molar-refractivity contribution in [3.05, 3.63) is 34.1 Å². The maximum atomic E-state index is 13.1. The molecule has 0 bridgehead atoms. The molecular formula is C15H23BrFN. The van der Waals surface area contributed by atoms with E-state index in [-0.39, 0.29) is 5.82 Å². The molecule has 0 saturated heterocycles. The van der Waals surface area contributed by atoms with Crippen LogP contribution < -0.4 is 5.32 Å². The topological polar surface area (TPSA) is 12.0 Å². The van der Waals surface area contributed by atoms with E-state index in [1.807, 2.05) is 6.07 Å². The Morgan fingerprint density at radius 2 is 2.06 bits per heavy atom. The summed E-state index contributed by atoms with van der Waals surface area (Å²) in [6.45, 7) is 8.65. The fraction of sp³-hybridized carbons (Fsp3) is 0.600. The van der Waals surface area contributed by atoms with Gasteiger partial charge in [-0.15, -0.1) is 0 Å². The lowest BCUT2D eigenvalue weighted by Crippen LogP contribution is -2.25. The zero-order valence-corrected chi connectivity index (χ0v) is 13.1. The molecule has 1 atom stereocenters. The molecule has 0 aliphatic carbocycles. The number of nitrogens with one attached hydrogen (secondary N) is 1. The average Bonchev–Trinajstić information content (AvgIpc) is 2.29. The largest absolute Gasteiger partial charge is 0.317 e. The molecule has 102 valence electrons. The van der Waals surface area contributed by atoms with Crippen LogP contribution in [0, 0.1) is 17.7 Å². The molecule has 1 N–H and O–H groups in total. The van der Waals surface area contributed by atoms with Gasteiger partial charge in [-0.1, -0.05) is 42.8 Å². The number of hydrogen-bond donors (Lipinski definition) is 1. The summed E-state index contributed by atoms with van der Waals surface area (Å²) >= 11 is 3.45. The number of hydrogen-bond acceptors (Lipinski definition) is 1. The van der Waals surface area contributed by atoms with Gasteiger partial charge < -0.3 is 5.32 Å². The Kier molecular flexibility index (Phi) is 6.87. The summed E-state index contributed by atoms with van der Waals surface area (Å²) in [5.41, 5.74) is 1.19. The summed E-state index contributed by atoms with van der Waals surface area (Å²) in [5.74, 6) is 1.11. The highest BCUT2D eigenvalue weighted by Crippen LogP contribution is 2.23. The van der Waals surface area contributed by atoms with Gasteiger partial charge in [-0.25, -0.2) is 4.39 Å². The summed E-state index contributed by atoms with van der Waals surface area (Å²) in [4.78, 5) is 0. The molecule has 1 rings (SSSR count). The highest BCUT2D eigenvalue weighted by atomic mass is 79.9. The lowest BCUT2D eigenvalue weighted by atomic mass is 9.91. The Hall–Kier alpha value is -0.410. The Labute approximate surface area is 118 Å². The van der Waals surface area contributed by atoms with Gasteiger partial charge in [0, 0.05) is 4.47 Å². The van der Waals surface area contributed by atoms with Crippen LogP contribution in [0.1, 0.15) is 32.8 Å². The lowest BCUT2D eigenvalue weighted by molar-refractivity contribution is 0.388. The van der Waals surface area contributed by atoms with Crippen molar-refractivity contribution in [3.63, 3.8) is 0 Å². The van der Waals surface area contributed by atoms with E-state index >= 15 is 0 Å². The summed E-state index contributed by atoms with van der Waals surface area (Å²) < 4.78 is 13.9. The summed E-state index contributed by atoms with van der Waals surface area (Å²) in [7, 11) is 0. The van der Waals surface area contributed by atoms with Crippen LogP contribution in [0.25, 0.3) is 0 Å². The molecule has 0 saturated carbocycles. The molecule has 1 nitrogen and oxygen atoms in total. The second-order valence-electron chi connectivity index (χ2n) is 5.24. The Bertz CT molecular complexity index is 366. The zero-order chi connectivity index (χ0) is 13.5. The van der Waals surface area contributed by atoms with E-state index in [9.17, 15) is 4.39 Å². The number of benzene rings is 1. The lowest BCUT2D eigenvalue weighted by Gasteiger charge is -2.20. The molecule has 0 radical (unpaired) electrons. The van der Waals surface area contributed by atoms with Crippen LogP contribution in [0.3, 0.4) is 0 Å². The molecule has 1 aromatic rings. The predicted molar refractivity (Wildman–Crippen MR) is 79.3 cm³/mol. The molecule has 0 aliphatic rings. The van der Waals surface area contributed by atoms with E-state index < -0.39 is 0 Å². The van der Waals surface area contributed by atoms with Crippen LogP contribution in [0.5, 0.6) is 0 Å². The van der Waals surface area contributed by atoms with Crippen molar-refractivity contribution in [1.29, 1.82) is 0 Å². The third-order valence-electron chi connectivity index (χ3n) is 3.01. The average molecular weight is 316 g/mol. The van der Waals surface area contributed by atoms with E-state index in [4.69, 9.17) is 0 Å². The van der Waals surface area contributed by atoms with Gasteiger partial charge in [0.15, 0.2) is 0 Å². The first-order valence-corrected chi connectivity index (χ1v) is 7.46. The highest BCUT2D eigenvalue weighted by Gasteiger charge is 2.13. The fourth-order valence-corrected chi connectivity index (χ4v) is 2.76. The molecule has 1 aromatic carbocycles. The standard InChI is InChI=1S/C15H23BrFN/c1-4-18-10-12(7-11(2)3)8-13-5-6-14(17)9-15(13)16/h5-6,9,11-12,18H,4,7-8,10H2,1-3H3. The van der Waals surface area contributed by atoms with Crippen molar-refractivity contribution in [2.45, 2.75) is 33.6 Å². The van der Waals surface area contributed by atoms with E-state index in [1.54, 1.807) is 12.1 Å². The molecule has 1 unspecified atom stereocenters. The Balaban J connectivity index is 2.68. The van der Waals surface area contributed by atoms with Gasteiger partial charge >= 0.3 is 0 Å². The van der Waals surface area contributed by atoms with Gasteiger partial charge in [-0.2, -0.15) is 0 Å². The van der Waals surface area contributed by atoms with Crippen molar-refractivity contribution in [2.24, 2.45) is 11.8 Å². The number of halogens is 2. The molecule has 0 heterocycles. The highest BCUT2D eigenvalue weighted by molar-refractivity contribution is 9.10. The molecular weight excluding hydrogens is 293 g/mol. The second kappa shape index (κ2) is 7.90. The van der Waals surface area contributed by atoms with Crippen LogP contribution in [0.15, 0.2) is 22.7 Å². The molecule has 3 heteroatoms. The first-order chi connectivity index (χ1) is 8.52. The minimum atomic E-state index is -0.183. The smallest absolute Gasteiger partial charge is 0.124 e. The minimum Gasteiger partial charge on any atom is -0.317 e. The predicted octanol–water partition coefficient (Wildman–Crippen LogP) is 4.40. The van der Waals surface area contributed by atoms with Crippen molar-refractivity contribution in [3.8, 4) is 0 Å². The van der Waals surface area contributed by atoms with Crippen LogP contribution in [0.2, 0.25) is 0 Å². The van der Waals surface area contributed by atoms with Gasteiger partial charge in [-0.05, 0) is 55.5 Å². The first-order valence-electron chi connectivity index (χ1n) is 6.67. The SMILES string of the molecule is CCNCC(Cc1ccc(F)cc1Br)CC(C)C. The van der Waals surface area contributed by atoms with Crippen LogP contribution in [-0.2, 0) is 6.42 Å². The van der Waals surface area contributed by atoms with Gasteiger partial charge in [0.2, 0.25) is 0 Å². The van der Waals surface area contributed by atoms with Crippen molar-refractivity contribution in [2.75, 3.05) is 13.1 Å². The van der Waals surface area contributed by atoms with Gasteiger partial charge in [0.05, 0.1) is 0 Å². The van der Waals surface area contributed by atoms with Crippen LogP contribution in [-0.4, -0.2) is 13.1 Å². The van der Waals surface area contributed by atoms with Gasteiger partial charge in [-0.3, -0.25) is 0 Å². The monoisotopic (exact) mass is 315 g/mol. The quantitative estimate of drug-likeness (QED) is 0.786. The zero-order valence-electron chi connectivity index (χ0n) is 11.5. The van der Waals surface area contributed by atoms with E-state index in [0.29, 0.717) is 11.8 Å². The Morgan fingerprint density at radius 3 is 2.61 bits per heavy atom. The van der Waals surface area contributed by atoms with E-state index in [1.165, 1.54) is 12.0 Å². The normalized spacial score (nSPS) is 13.0.